The summed E-state index contributed by atoms with van der Waals surface area (Å²) in [4.78, 5) is 9.53. The summed E-state index contributed by atoms with van der Waals surface area (Å²) in [5.74, 6) is 1.89. The van der Waals surface area contributed by atoms with Gasteiger partial charge in [0.2, 0.25) is 5.88 Å². The van der Waals surface area contributed by atoms with Crippen LogP contribution in [0.5, 0.6) is 11.6 Å². The van der Waals surface area contributed by atoms with Gasteiger partial charge in [-0.05, 0) is 61.5 Å². The Bertz CT molecular complexity index is 2480. The fourth-order valence-electron chi connectivity index (χ4n) is 5.79. The number of hydrogen-bond donors (Lipinski definition) is 0. The summed E-state index contributed by atoms with van der Waals surface area (Å²) in [5, 5.41) is 27.8. The third-order valence-electron chi connectivity index (χ3n) is 7.58. The van der Waals surface area contributed by atoms with Gasteiger partial charge >= 0.3 is 0 Å². The average Bonchev–Trinajstić information content (AvgIpc) is 3.58. The van der Waals surface area contributed by atoms with Crippen LogP contribution >= 0.6 is 0 Å². The van der Waals surface area contributed by atoms with Gasteiger partial charge in [0.05, 0.1) is 38.9 Å². The van der Waals surface area contributed by atoms with Gasteiger partial charge in [-0.25, -0.2) is 14.5 Å². The Morgan fingerprint density at radius 2 is 1.48 bits per heavy atom. The van der Waals surface area contributed by atoms with Crippen LogP contribution in [-0.2, 0) is 0 Å². The Labute approximate surface area is 238 Å². The molecule has 0 unspecified atom stereocenters. The van der Waals surface area contributed by atoms with Crippen molar-refractivity contribution in [1.29, 1.82) is 10.5 Å². The van der Waals surface area contributed by atoms with Crippen LogP contribution in [0.15, 0.2) is 97.2 Å². The first kappa shape index (κ1) is 23.6. The zero-order valence-electron chi connectivity index (χ0n) is 22.3. The highest BCUT2D eigenvalue weighted by Crippen LogP contribution is 2.36. The molecule has 0 aliphatic heterocycles. The van der Waals surface area contributed by atoms with Crippen LogP contribution in [0.3, 0.4) is 0 Å². The lowest BCUT2D eigenvalue weighted by molar-refractivity contribution is 0.466. The normalized spacial score (nSPS) is 11.4. The van der Waals surface area contributed by atoms with Crippen LogP contribution < -0.4 is 4.74 Å². The highest BCUT2D eigenvalue weighted by atomic mass is 16.5. The maximum atomic E-state index is 9.66. The number of hydrogen-bond acceptors (Lipinski definition) is 6. The van der Waals surface area contributed by atoms with Crippen LogP contribution in [-0.4, -0.2) is 24.1 Å². The third-order valence-corrected chi connectivity index (χ3v) is 7.58. The van der Waals surface area contributed by atoms with Crippen LogP contribution in [0, 0.1) is 29.6 Å². The first-order chi connectivity index (χ1) is 20.6. The van der Waals surface area contributed by atoms with Gasteiger partial charge in [-0.2, -0.15) is 15.6 Å². The van der Waals surface area contributed by atoms with E-state index < -0.39 is 0 Å². The number of benzene rings is 3. The van der Waals surface area contributed by atoms with Crippen molar-refractivity contribution in [3.05, 3.63) is 114 Å². The topological polar surface area (TPSA) is 105 Å². The molecule has 0 saturated heterocycles. The van der Waals surface area contributed by atoms with Crippen molar-refractivity contribution < 1.29 is 4.74 Å². The minimum absolute atomic E-state index is 0.310. The van der Waals surface area contributed by atoms with E-state index in [2.05, 4.69) is 45.0 Å². The number of aromatic nitrogens is 5. The molecule has 3 aromatic carbocycles. The van der Waals surface area contributed by atoms with Gasteiger partial charge in [0.25, 0.3) is 0 Å². The summed E-state index contributed by atoms with van der Waals surface area (Å²) < 4.78 is 10.3. The predicted molar refractivity (Wildman–Crippen MR) is 161 cm³/mol. The second-order valence-corrected chi connectivity index (χ2v) is 10.1. The second-order valence-electron chi connectivity index (χ2n) is 10.1. The first-order valence-corrected chi connectivity index (χ1v) is 13.3. The number of pyridine rings is 3. The lowest BCUT2D eigenvalue weighted by Gasteiger charge is -2.11. The Morgan fingerprint density at radius 3 is 2.31 bits per heavy atom. The fraction of sp³-hybridized carbons (Fsp3) is 0.0294. The van der Waals surface area contributed by atoms with Crippen molar-refractivity contribution in [3.8, 4) is 29.6 Å². The molecule has 0 saturated carbocycles. The molecule has 0 spiro atoms. The van der Waals surface area contributed by atoms with Gasteiger partial charge in [-0.15, -0.1) is 0 Å². The molecule has 0 N–H and O–H groups in total. The highest BCUT2D eigenvalue weighted by Gasteiger charge is 2.17. The van der Waals surface area contributed by atoms with Crippen LogP contribution in [0.1, 0.15) is 16.8 Å². The Kier molecular flexibility index (Phi) is 5.00. The number of nitriles is 2. The number of para-hydroxylation sites is 1. The van der Waals surface area contributed by atoms with Crippen LogP contribution in [0.4, 0.5) is 0 Å². The number of ether oxygens (including phenoxy) is 1. The standard InChI is InChI=1S/C34H19N7O/c1-20-14-31-34-26(27-15-21(18-35)22(19-36)16-30(27)41(31)39-20)11-12-33(38-34)42-23-9-10-25-24-6-2-3-7-28(24)40(29(25)17-23)32-8-4-5-13-37-32/h2-17H,1H3. The molecule has 8 heteroatoms. The van der Waals surface area contributed by atoms with E-state index in [0.717, 1.165) is 55.1 Å². The largest absolute Gasteiger partial charge is 0.439 e. The van der Waals surface area contributed by atoms with Crippen LogP contribution in [0.2, 0.25) is 0 Å². The summed E-state index contributed by atoms with van der Waals surface area (Å²) in [7, 11) is 0. The minimum atomic E-state index is 0.310. The van der Waals surface area contributed by atoms with Gasteiger partial charge in [0, 0.05) is 39.9 Å². The van der Waals surface area contributed by atoms with Gasteiger partial charge in [0.15, 0.2) is 0 Å². The molecule has 196 valence electrons. The number of rotatable bonds is 3. The van der Waals surface area contributed by atoms with E-state index in [1.165, 1.54) is 0 Å². The molecular formula is C34H19N7O. The van der Waals surface area contributed by atoms with Gasteiger partial charge in [-0.1, -0.05) is 24.3 Å². The predicted octanol–water partition coefficient (Wildman–Crippen LogP) is 7.37. The SMILES string of the molecule is Cc1cc2c3nc(Oc4ccc5c6ccccc6n(-c6ccccn6)c5c4)ccc3c3cc(C#N)c(C#N)cc3n2n1. The zero-order valence-corrected chi connectivity index (χ0v) is 22.3. The molecule has 8 nitrogen and oxygen atoms in total. The minimum Gasteiger partial charge on any atom is -0.439 e. The summed E-state index contributed by atoms with van der Waals surface area (Å²) in [6.45, 7) is 1.91. The number of fused-ring (bicyclic) bond motifs is 9. The van der Waals surface area contributed by atoms with Gasteiger partial charge in [-0.3, -0.25) is 4.57 Å². The molecule has 0 aliphatic carbocycles. The van der Waals surface area contributed by atoms with E-state index >= 15 is 0 Å². The smallest absolute Gasteiger partial charge is 0.219 e. The van der Waals surface area contributed by atoms with Crippen molar-refractivity contribution in [1.82, 2.24) is 24.1 Å². The van der Waals surface area contributed by atoms with Crippen molar-refractivity contribution in [2.24, 2.45) is 0 Å². The molecule has 0 bridgehead atoms. The highest BCUT2D eigenvalue weighted by molar-refractivity contribution is 6.12. The maximum Gasteiger partial charge on any atom is 0.219 e. The van der Waals surface area contributed by atoms with Gasteiger partial charge < -0.3 is 4.74 Å². The van der Waals surface area contributed by atoms with Gasteiger partial charge in [0.1, 0.15) is 29.2 Å². The quantitative estimate of drug-likeness (QED) is 0.216. The lowest BCUT2D eigenvalue weighted by Crippen LogP contribution is -1.98. The van der Waals surface area contributed by atoms with E-state index in [0.29, 0.717) is 28.3 Å². The molecule has 0 amide bonds. The molecule has 5 heterocycles. The van der Waals surface area contributed by atoms with E-state index in [-0.39, 0.29) is 0 Å². The van der Waals surface area contributed by atoms with Crippen molar-refractivity contribution in [2.45, 2.75) is 6.92 Å². The molecule has 5 aromatic heterocycles. The molecular weight excluding hydrogens is 522 g/mol. The lowest BCUT2D eigenvalue weighted by atomic mass is 10.0. The summed E-state index contributed by atoms with van der Waals surface area (Å²) in [5.41, 5.74) is 5.70. The van der Waals surface area contributed by atoms with Crippen molar-refractivity contribution in [2.75, 3.05) is 0 Å². The fourth-order valence-corrected chi connectivity index (χ4v) is 5.79. The summed E-state index contributed by atoms with van der Waals surface area (Å²) >= 11 is 0. The number of aryl methyl sites for hydroxylation is 1. The molecule has 8 aromatic rings. The monoisotopic (exact) mass is 541 g/mol. The molecule has 8 rings (SSSR count). The molecule has 0 aliphatic rings. The third kappa shape index (κ3) is 3.43. The van der Waals surface area contributed by atoms with E-state index in [4.69, 9.17) is 9.72 Å². The maximum absolute atomic E-state index is 9.66. The Balaban J connectivity index is 1.31. The van der Waals surface area contributed by atoms with Crippen molar-refractivity contribution in [3.63, 3.8) is 0 Å². The number of nitrogens with zero attached hydrogens (tertiary/aromatic N) is 7. The Hall–Kier alpha value is -6.25. The zero-order chi connectivity index (χ0) is 28.4. The first-order valence-electron chi connectivity index (χ1n) is 13.3. The molecule has 0 radical (unpaired) electrons. The van der Waals surface area contributed by atoms with E-state index in [1.54, 1.807) is 22.8 Å². The summed E-state index contributed by atoms with van der Waals surface area (Å²) in [6, 6.07) is 33.6. The average molecular weight is 542 g/mol. The van der Waals surface area contributed by atoms with E-state index in [9.17, 15) is 10.5 Å². The van der Waals surface area contributed by atoms with Crippen molar-refractivity contribution >= 4 is 49.1 Å². The second kappa shape index (κ2) is 8.88. The molecule has 0 fully saturated rings. The molecule has 42 heavy (non-hydrogen) atoms. The van der Waals surface area contributed by atoms with E-state index in [1.807, 2.05) is 67.6 Å². The van der Waals surface area contributed by atoms with Crippen LogP contribution in [0.25, 0.3) is 54.9 Å². The Morgan fingerprint density at radius 1 is 0.690 bits per heavy atom. The molecule has 0 atom stereocenters. The summed E-state index contributed by atoms with van der Waals surface area (Å²) in [6.07, 6.45) is 1.79.